The molecule has 0 aromatic heterocycles. The highest BCUT2D eigenvalue weighted by molar-refractivity contribution is 6.58. The van der Waals surface area contributed by atoms with Crippen LogP contribution in [0.1, 0.15) is 43.0 Å². The Hall–Kier alpha value is 0.805. The van der Waals surface area contributed by atoms with E-state index in [9.17, 15) is 0 Å². The van der Waals surface area contributed by atoms with Crippen molar-refractivity contribution >= 4 is 30.4 Å². The van der Waals surface area contributed by atoms with Crippen LogP contribution < -0.4 is 0 Å². The van der Waals surface area contributed by atoms with E-state index in [2.05, 4.69) is 48.1 Å². The highest BCUT2D eigenvalue weighted by Gasteiger charge is 2.20. The first-order chi connectivity index (χ1) is 7.83. The molecule has 0 saturated carbocycles. The van der Waals surface area contributed by atoms with E-state index in [1.165, 1.54) is 21.6 Å². The van der Waals surface area contributed by atoms with Crippen LogP contribution in [-0.4, -0.2) is 30.4 Å². The molecule has 0 N–H and O–H groups in total. The number of hydrogen-bond acceptors (Lipinski definition) is 0. The van der Waals surface area contributed by atoms with Crippen LogP contribution in [0.25, 0.3) is 0 Å². The van der Waals surface area contributed by atoms with Crippen LogP contribution in [-0.2, 0) is 0 Å². The Kier molecular flexibility index (Phi) is 15.7. The van der Waals surface area contributed by atoms with Crippen molar-refractivity contribution in [1.29, 1.82) is 0 Å². The van der Waals surface area contributed by atoms with Crippen LogP contribution in [0.15, 0.2) is 12.7 Å². The highest BCUT2D eigenvalue weighted by atomic mass is 27.2. The lowest BCUT2D eigenvalue weighted by Gasteiger charge is -2.17. The van der Waals surface area contributed by atoms with Crippen molar-refractivity contribution in [2.75, 3.05) is 0 Å². The Morgan fingerprint density at radius 3 is 1.29 bits per heavy atom. The van der Waals surface area contributed by atoms with Gasteiger partial charge in [-0.05, 0) is 0 Å². The van der Waals surface area contributed by atoms with E-state index in [1.807, 2.05) is 6.08 Å². The molecule has 0 atom stereocenters. The average Bonchev–Trinajstić information content (AvgIpc) is 2.14. The van der Waals surface area contributed by atoms with Gasteiger partial charge in [0.25, 0.3) is 14.1 Å². The maximum Gasteiger partial charge on any atom is 0.262 e. The highest BCUT2D eigenvalue weighted by Crippen LogP contribution is 2.20. The van der Waals surface area contributed by atoms with Crippen LogP contribution >= 0.6 is 0 Å². The molecule has 0 aliphatic heterocycles. The summed E-state index contributed by atoms with van der Waals surface area (Å²) in [6.45, 7) is 17.8. The lowest BCUT2D eigenvalue weighted by Crippen LogP contribution is -2.19. The summed E-state index contributed by atoms with van der Waals surface area (Å²) in [6.07, 6.45) is 1.94. The normalized spacial score (nSPS) is 10.4. The van der Waals surface area contributed by atoms with Gasteiger partial charge in [-0.25, -0.2) is 0 Å². The standard InChI is InChI=1S/3C4H9.C3H5.2Al.H2.2H/c3*1-4(2)3;1-3-2;;;;;/h3*4H,1H2,2-3H3;3H,1-2H2;;;1H;;. The minimum Gasteiger partial charge on any atom is -0.105 e. The summed E-state index contributed by atoms with van der Waals surface area (Å²) in [4.78, 5) is 0. The summed E-state index contributed by atoms with van der Waals surface area (Å²) >= 11 is 0.864. The number of rotatable bonds is 7. The Labute approximate surface area is 125 Å². The van der Waals surface area contributed by atoms with Gasteiger partial charge < -0.3 is 0 Å². The van der Waals surface area contributed by atoms with E-state index in [0.29, 0.717) is 0 Å². The predicted octanol–water partition coefficient (Wildman–Crippen LogP) is 4.92. The largest absolute Gasteiger partial charge is 0.262 e. The van der Waals surface area contributed by atoms with Gasteiger partial charge in [0.1, 0.15) is 0 Å². The minimum atomic E-state index is -0.407. The Bertz CT molecular complexity index is 144. The second kappa shape index (κ2) is 13.2. The van der Waals surface area contributed by atoms with Crippen molar-refractivity contribution in [3.05, 3.63) is 12.7 Å². The van der Waals surface area contributed by atoms with Crippen LogP contribution in [0, 0.1) is 17.8 Å². The molecule has 0 aromatic rings. The SMILES string of the molecule is C=C[CH2][AlH2].CC(C)[CH2][Al]([CH2]C(C)C)[CH2]C(C)C.[HH]. The third-order valence-electron chi connectivity index (χ3n) is 2.70. The van der Waals surface area contributed by atoms with Gasteiger partial charge in [0.2, 0.25) is 16.3 Å². The second-order valence-corrected chi connectivity index (χ2v) is 10.4. The fourth-order valence-corrected chi connectivity index (χ4v) is 6.87. The van der Waals surface area contributed by atoms with E-state index in [4.69, 9.17) is 0 Å². The predicted molar refractivity (Wildman–Crippen MR) is 90.4 cm³/mol. The zero-order valence-electron chi connectivity index (χ0n) is 13.4. The van der Waals surface area contributed by atoms with Gasteiger partial charge in [-0.3, -0.25) is 0 Å². The van der Waals surface area contributed by atoms with Gasteiger partial charge in [0.05, 0.1) is 0 Å². The monoisotopic (exact) mass is 270 g/mol. The van der Waals surface area contributed by atoms with Gasteiger partial charge in [-0.15, -0.1) is 12.7 Å². The first-order valence-corrected chi connectivity index (χ1v) is 11.3. The molecule has 0 rings (SSSR count). The van der Waals surface area contributed by atoms with Gasteiger partial charge in [0.15, 0.2) is 0 Å². The molecule has 0 saturated heterocycles. The summed E-state index contributed by atoms with van der Waals surface area (Å²) < 4.78 is 0. The van der Waals surface area contributed by atoms with Crippen molar-refractivity contribution in [2.45, 2.75) is 62.7 Å². The van der Waals surface area contributed by atoms with Crippen molar-refractivity contribution in [2.24, 2.45) is 17.8 Å². The summed E-state index contributed by atoms with van der Waals surface area (Å²) in [7, 11) is 0. The summed E-state index contributed by atoms with van der Waals surface area (Å²) in [5.74, 6) is 2.78. The zero-order chi connectivity index (χ0) is 13.8. The molecule has 2 heteroatoms. The molecule has 0 radical (unpaired) electrons. The summed E-state index contributed by atoms with van der Waals surface area (Å²) in [5, 5.41) is 5.88. The van der Waals surface area contributed by atoms with Gasteiger partial charge >= 0.3 is 0 Å². The van der Waals surface area contributed by atoms with Gasteiger partial charge in [-0.2, -0.15) is 0 Å². The van der Waals surface area contributed by atoms with E-state index >= 15 is 0 Å². The average molecular weight is 270 g/mol. The molecule has 0 spiro atoms. The van der Waals surface area contributed by atoms with E-state index < -0.39 is 14.1 Å². The summed E-state index contributed by atoms with van der Waals surface area (Å²) in [6, 6.07) is 0. The molecule has 102 valence electrons. The Morgan fingerprint density at radius 1 is 0.941 bits per heavy atom. The zero-order valence-corrected chi connectivity index (χ0v) is 16.6. The smallest absolute Gasteiger partial charge is 0.105 e. The molecule has 0 aliphatic carbocycles. The molecule has 17 heavy (non-hydrogen) atoms. The van der Waals surface area contributed by atoms with Crippen molar-refractivity contribution < 1.29 is 1.43 Å². The van der Waals surface area contributed by atoms with E-state index in [-0.39, 0.29) is 1.43 Å². The molecule has 0 aliphatic rings. The topological polar surface area (TPSA) is 0 Å². The van der Waals surface area contributed by atoms with E-state index in [1.54, 1.807) is 15.8 Å². The van der Waals surface area contributed by atoms with Crippen LogP contribution in [0.4, 0.5) is 0 Å². The van der Waals surface area contributed by atoms with Crippen molar-refractivity contribution in [3.8, 4) is 0 Å². The molecule has 0 bridgehead atoms. The minimum absolute atomic E-state index is 0. The Balaban J connectivity index is -0.000000392. The Morgan fingerprint density at radius 2 is 1.18 bits per heavy atom. The quantitative estimate of drug-likeness (QED) is 0.455. The number of hydrogen-bond donors (Lipinski definition) is 0. The molecule has 0 unspecified atom stereocenters. The van der Waals surface area contributed by atoms with Crippen LogP contribution in [0.5, 0.6) is 0 Å². The molecule has 0 fully saturated rings. The maximum absolute atomic E-state index is 3.51. The molecule has 0 heterocycles. The maximum atomic E-state index is 3.51. The number of allylic oxidation sites excluding steroid dienone is 1. The van der Waals surface area contributed by atoms with Crippen molar-refractivity contribution in [1.82, 2.24) is 0 Å². The first kappa shape index (κ1) is 20.1. The van der Waals surface area contributed by atoms with Crippen LogP contribution in [0.3, 0.4) is 0 Å². The summed E-state index contributed by atoms with van der Waals surface area (Å²) in [5.41, 5.74) is 0. The lowest BCUT2D eigenvalue weighted by atomic mass is 10.2. The third-order valence-corrected chi connectivity index (χ3v) is 8.11. The third kappa shape index (κ3) is 19.3. The first-order valence-electron chi connectivity index (χ1n) is 7.44. The molecular weight excluding hydrogens is 234 g/mol. The fourth-order valence-electron chi connectivity index (χ4n) is 2.29. The van der Waals surface area contributed by atoms with Crippen molar-refractivity contribution in [3.63, 3.8) is 0 Å². The molecule has 0 aromatic carbocycles. The molecular formula is C15H36Al2. The molecule has 0 amide bonds. The lowest BCUT2D eigenvalue weighted by molar-refractivity contribution is 0.659. The van der Waals surface area contributed by atoms with E-state index in [0.717, 1.165) is 17.8 Å². The molecule has 0 nitrogen and oxygen atoms in total. The second-order valence-electron chi connectivity index (χ2n) is 6.45. The van der Waals surface area contributed by atoms with Gasteiger partial charge in [-0.1, -0.05) is 80.4 Å². The van der Waals surface area contributed by atoms with Gasteiger partial charge in [0, 0.05) is 1.43 Å². The van der Waals surface area contributed by atoms with Crippen LogP contribution in [0.2, 0.25) is 21.1 Å². The fraction of sp³-hybridized carbons (Fsp3) is 0.867.